The normalized spacial score (nSPS) is 10.7. The average molecular weight is 247 g/mol. The molecule has 96 valence electrons. The highest BCUT2D eigenvalue weighted by Crippen LogP contribution is 2.22. The summed E-state index contributed by atoms with van der Waals surface area (Å²) in [5.41, 5.74) is 3.69. The van der Waals surface area contributed by atoms with Crippen molar-refractivity contribution in [1.29, 1.82) is 0 Å². The lowest BCUT2D eigenvalue weighted by molar-refractivity contribution is 0.258. The van der Waals surface area contributed by atoms with Gasteiger partial charge in [-0.05, 0) is 26.8 Å². The minimum absolute atomic E-state index is 0.0292. The first-order valence-corrected chi connectivity index (χ1v) is 5.86. The van der Waals surface area contributed by atoms with Gasteiger partial charge >= 0.3 is 0 Å². The Bertz CT molecular complexity index is 526. The fourth-order valence-corrected chi connectivity index (χ4v) is 1.83. The fourth-order valence-electron chi connectivity index (χ4n) is 1.83. The van der Waals surface area contributed by atoms with Gasteiger partial charge in [-0.2, -0.15) is 0 Å². The molecule has 0 bridgehead atoms. The Labute approximate surface area is 106 Å². The van der Waals surface area contributed by atoms with Gasteiger partial charge in [0.05, 0.1) is 17.9 Å². The van der Waals surface area contributed by atoms with E-state index in [0.29, 0.717) is 12.4 Å². The van der Waals surface area contributed by atoms with E-state index in [-0.39, 0.29) is 6.61 Å². The number of aliphatic hydroxyl groups is 1. The number of aliphatic hydroxyl groups excluding tert-OH is 1. The molecule has 0 aliphatic carbocycles. The highest BCUT2D eigenvalue weighted by Gasteiger charge is 2.11. The number of nitrogens with zero attached hydrogens (tertiary/aromatic N) is 1. The number of ether oxygens (including phenoxy) is 1. The summed E-state index contributed by atoms with van der Waals surface area (Å²) in [6, 6.07) is 5.75. The third-order valence-corrected chi connectivity index (χ3v) is 2.94. The van der Waals surface area contributed by atoms with Crippen LogP contribution in [0.25, 0.3) is 0 Å². The Balaban J connectivity index is 2.15. The topological polar surface area (TPSA) is 55.5 Å². The summed E-state index contributed by atoms with van der Waals surface area (Å²) in [6.07, 6.45) is 0. The van der Waals surface area contributed by atoms with Gasteiger partial charge in [0.1, 0.15) is 18.1 Å². The number of benzene rings is 1. The van der Waals surface area contributed by atoms with Crippen molar-refractivity contribution in [2.75, 3.05) is 0 Å². The Morgan fingerprint density at radius 3 is 2.67 bits per heavy atom. The molecule has 0 aliphatic heterocycles. The van der Waals surface area contributed by atoms with Crippen LogP contribution in [0.4, 0.5) is 0 Å². The summed E-state index contributed by atoms with van der Waals surface area (Å²) in [5, 5.41) is 13.2. The van der Waals surface area contributed by atoms with Gasteiger partial charge in [0.25, 0.3) is 0 Å². The lowest BCUT2D eigenvalue weighted by Gasteiger charge is -2.10. The van der Waals surface area contributed by atoms with Crippen molar-refractivity contribution >= 4 is 0 Å². The SMILES string of the molecule is Cc1ccc(OCc2c(C)noc2C)c(CO)c1. The third-order valence-electron chi connectivity index (χ3n) is 2.94. The van der Waals surface area contributed by atoms with Crippen LogP contribution in [0.2, 0.25) is 0 Å². The van der Waals surface area contributed by atoms with Crippen molar-refractivity contribution in [1.82, 2.24) is 5.16 Å². The maximum atomic E-state index is 9.30. The third kappa shape index (κ3) is 2.54. The summed E-state index contributed by atoms with van der Waals surface area (Å²) in [7, 11) is 0. The molecule has 0 atom stereocenters. The first kappa shape index (κ1) is 12.6. The standard InChI is InChI=1S/C14H17NO3/c1-9-4-5-14(12(6-9)7-16)17-8-13-10(2)15-18-11(13)3/h4-6,16H,7-8H2,1-3H3. The van der Waals surface area contributed by atoms with Gasteiger partial charge in [0, 0.05) is 5.56 Å². The Morgan fingerprint density at radius 2 is 2.06 bits per heavy atom. The summed E-state index contributed by atoms with van der Waals surface area (Å²) in [5.74, 6) is 1.47. The predicted octanol–water partition coefficient (Wildman–Crippen LogP) is 2.67. The molecular formula is C14H17NO3. The summed E-state index contributed by atoms with van der Waals surface area (Å²) in [4.78, 5) is 0. The van der Waals surface area contributed by atoms with Crippen molar-refractivity contribution in [3.63, 3.8) is 0 Å². The van der Waals surface area contributed by atoms with Crippen LogP contribution in [0.15, 0.2) is 22.7 Å². The second-order valence-electron chi connectivity index (χ2n) is 4.36. The Kier molecular flexibility index (Phi) is 3.67. The predicted molar refractivity (Wildman–Crippen MR) is 67.4 cm³/mol. The van der Waals surface area contributed by atoms with E-state index in [9.17, 15) is 5.11 Å². The van der Waals surface area contributed by atoms with Crippen LogP contribution < -0.4 is 4.74 Å². The van der Waals surface area contributed by atoms with Crippen LogP contribution in [-0.2, 0) is 13.2 Å². The van der Waals surface area contributed by atoms with Crippen LogP contribution in [0, 0.1) is 20.8 Å². The molecule has 1 heterocycles. The number of hydrogen-bond acceptors (Lipinski definition) is 4. The van der Waals surface area contributed by atoms with Crippen LogP contribution >= 0.6 is 0 Å². The summed E-state index contributed by atoms with van der Waals surface area (Å²) < 4.78 is 10.8. The quantitative estimate of drug-likeness (QED) is 0.902. The van der Waals surface area contributed by atoms with E-state index in [4.69, 9.17) is 9.26 Å². The van der Waals surface area contributed by atoms with Gasteiger partial charge in [-0.25, -0.2) is 0 Å². The van der Waals surface area contributed by atoms with E-state index in [1.54, 1.807) is 0 Å². The van der Waals surface area contributed by atoms with E-state index in [1.165, 1.54) is 0 Å². The van der Waals surface area contributed by atoms with Gasteiger partial charge in [0.15, 0.2) is 0 Å². The second kappa shape index (κ2) is 5.23. The molecule has 4 nitrogen and oxygen atoms in total. The van der Waals surface area contributed by atoms with Crippen LogP contribution in [0.1, 0.15) is 28.1 Å². The van der Waals surface area contributed by atoms with Crippen molar-refractivity contribution in [2.24, 2.45) is 0 Å². The van der Waals surface area contributed by atoms with Crippen LogP contribution in [0.3, 0.4) is 0 Å². The zero-order chi connectivity index (χ0) is 13.1. The molecule has 1 N–H and O–H groups in total. The zero-order valence-corrected chi connectivity index (χ0v) is 10.9. The van der Waals surface area contributed by atoms with Gasteiger partial charge in [-0.1, -0.05) is 22.9 Å². The van der Waals surface area contributed by atoms with E-state index in [2.05, 4.69) is 5.16 Å². The van der Waals surface area contributed by atoms with Crippen molar-refractivity contribution < 1.29 is 14.4 Å². The van der Waals surface area contributed by atoms with E-state index < -0.39 is 0 Å². The number of hydrogen-bond donors (Lipinski definition) is 1. The highest BCUT2D eigenvalue weighted by molar-refractivity contribution is 5.36. The monoisotopic (exact) mass is 247 g/mol. The fraction of sp³-hybridized carbons (Fsp3) is 0.357. The molecule has 2 aromatic rings. The lowest BCUT2D eigenvalue weighted by Crippen LogP contribution is -2.00. The van der Waals surface area contributed by atoms with Gasteiger partial charge < -0.3 is 14.4 Å². The van der Waals surface area contributed by atoms with Gasteiger partial charge in [0.2, 0.25) is 0 Å². The zero-order valence-electron chi connectivity index (χ0n) is 10.9. The molecular weight excluding hydrogens is 230 g/mol. The number of aryl methyl sites for hydroxylation is 3. The van der Waals surface area contributed by atoms with Gasteiger partial charge in [-0.15, -0.1) is 0 Å². The first-order chi connectivity index (χ1) is 8.61. The molecule has 0 saturated carbocycles. The highest BCUT2D eigenvalue weighted by atomic mass is 16.5. The minimum Gasteiger partial charge on any atom is -0.488 e. The van der Waals surface area contributed by atoms with Crippen LogP contribution in [-0.4, -0.2) is 10.3 Å². The summed E-state index contributed by atoms with van der Waals surface area (Å²) in [6.45, 7) is 6.10. The number of rotatable bonds is 4. The maximum Gasteiger partial charge on any atom is 0.140 e. The molecule has 0 aliphatic rings. The molecule has 0 fully saturated rings. The molecule has 0 amide bonds. The molecule has 0 unspecified atom stereocenters. The maximum absolute atomic E-state index is 9.30. The molecule has 0 spiro atoms. The smallest absolute Gasteiger partial charge is 0.140 e. The van der Waals surface area contributed by atoms with Crippen LogP contribution in [0.5, 0.6) is 5.75 Å². The largest absolute Gasteiger partial charge is 0.488 e. The second-order valence-corrected chi connectivity index (χ2v) is 4.36. The van der Waals surface area contributed by atoms with Crippen molar-refractivity contribution in [2.45, 2.75) is 34.0 Å². The summed E-state index contributed by atoms with van der Waals surface area (Å²) >= 11 is 0. The Hall–Kier alpha value is -1.81. The Morgan fingerprint density at radius 1 is 1.28 bits per heavy atom. The van der Waals surface area contributed by atoms with E-state index >= 15 is 0 Å². The lowest BCUT2D eigenvalue weighted by atomic mass is 10.1. The molecule has 4 heteroatoms. The van der Waals surface area contributed by atoms with Crippen molar-refractivity contribution in [3.8, 4) is 5.75 Å². The molecule has 18 heavy (non-hydrogen) atoms. The molecule has 0 saturated heterocycles. The molecule has 1 aromatic heterocycles. The average Bonchev–Trinajstić information content (AvgIpc) is 2.68. The molecule has 2 rings (SSSR count). The van der Waals surface area contributed by atoms with E-state index in [1.807, 2.05) is 39.0 Å². The van der Waals surface area contributed by atoms with Gasteiger partial charge in [-0.3, -0.25) is 0 Å². The number of aromatic nitrogens is 1. The van der Waals surface area contributed by atoms with Crippen molar-refractivity contribution in [3.05, 3.63) is 46.3 Å². The molecule has 1 aromatic carbocycles. The van der Waals surface area contributed by atoms with E-state index in [0.717, 1.165) is 28.1 Å². The minimum atomic E-state index is -0.0292. The molecule has 0 radical (unpaired) electrons. The first-order valence-electron chi connectivity index (χ1n) is 5.86.